The van der Waals surface area contributed by atoms with Crippen molar-refractivity contribution in [3.63, 3.8) is 0 Å². The SMILES string of the molecule is CC(C)CCCC(C)(O)CCNC(C)C. The minimum absolute atomic E-state index is 0.489. The fraction of sp³-hybridized carbons (Fsp3) is 1.00. The number of rotatable bonds is 8. The van der Waals surface area contributed by atoms with Gasteiger partial charge in [0.2, 0.25) is 0 Å². The molecule has 0 aliphatic carbocycles. The second-order valence-corrected chi connectivity index (χ2v) is 5.64. The molecule has 1 unspecified atom stereocenters. The first-order chi connectivity index (χ1) is 6.83. The minimum Gasteiger partial charge on any atom is -0.390 e. The van der Waals surface area contributed by atoms with Crippen molar-refractivity contribution in [3.05, 3.63) is 0 Å². The van der Waals surface area contributed by atoms with Gasteiger partial charge in [-0.05, 0) is 32.2 Å². The molecule has 0 amide bonds. The number of nitrogens with one attached hydrogen (secondary N) is 1. The molecule has 0 bridgehead atoms. The standard InChI is InChI=1S/C13H29NO/c1-11(2)7-6-8-13(5,15)9-10-14-12(3)4/h11-12,14-15H,6-10H2,1-5H3. The summed E-state index contributed by atoms with van der Waals surface area (Å²) in [6, 6.07) is 0.511. The lowest BCUT2D eigenvalue weighted by atomic mass is 9.93. The zero-order valence-electron chi connectivity index (χ0n) is 11.1. The largest absolute Gasteiger partial charge is 0.390 e. The molecule has 0 aromatic heterocycles. The van der Waals surface area contributed by atoms with E-state index in [9.17, 15) is 5.11 Å². The van der Waals surface area contributed by atoms with Crippen molar-refractivity contribution in [1.82, 2.24) is 5.32 Å². The van der Waals surface area contributed by atoms with Crippen molar-refractivity contribution < 1.29 is 5.11 Å². The summed E-state index contributed by atoms with van der Waals surface area (Å²) in [4.78, 5) is 0. The summed E-state index contributed by atoms with van der Waals surface area (Å²) in [6.07, 6.45) is 4.12. The number of aliphatic hydroxyl groups is 1. The van der Waals surface area contributed by atoms with Crippen molar-refractivity contribution in [1.29, 1.82) is 0 Å². The predicted molar refractivity (Wildman–Crippen MR) is 67.1 cm³/mol. The number of hydrogen-bond acceptors (Lipinski definition) is 2. The Morgan fingerprint density at radius 2 is 1.73 bits per heavy atom. The fourth-order valence-electron chi connectivity index (χ4n) is 1.65. The van der Waals surface area contributed by atoms with E-state index in [1.54, 1.807) is 0 Å². The van der Waals surface area contributed by atoms with E-state index in [2.05, 4.69) is 33.0 Å². The lowest BCUT2D eigenvalue weighted by Gasteiger charge is -2.24. The molecular weight excluding hydrogens is 186 g/mol. The van der Waals surface area contributed by atoms with Crippen molar-refractivity contribution in [2.24, 2.45) is 5.92 Å². The van der Waals surface area contributed by atoms with Crippen LogP contribution in [0, 0.1) is 5.92 Å². The molecule has 92 valence electrons. The average molecular weight is 215 g/mol. The van der Waals surface area contributed by atoms with Gasteiger partial charge in [0.25, 0.3) is 0 Å². The Morgan fingerprint density at radius 3 is 2.20 bits per heavy atom. The van der Waals surface area contributed by atoms with Crippen molar-refractivity contribution >= 4 is 0 Å². The molecule has 0 fully saturated rings. The Bertz CT molecular complexity index is 137. The maximum Gasteiger partial charge on any atom is 0.0631 e. The van der Waals surface area contributed by atoms with Gasteiger partial charge in [0, 0.05) is 6.04 Å². The molecule has 0 heterocycles. The molecule has 0 spiro atoms. The highest BCUT2D eigenvalue weighted by molar-refractivity contribution is 4.74. The molecule has 0 aliphatic rings. The molecule has 0 radical (unpaired) electrons. The van der Waals surface area contributed by atoms with Crippen LogP contribution in [-0.4, -0.2) is 23.3 Å². The highest BCUT2D eigenvalue weighted by Gasteiger charge is 2.19. The summed E-state index contributed by atoms with van der Waals surface area (Å²) in [5.41, 5.74) is -0.489. The van der Waals surface area contributed by atoms with Crippen LogP contribution in [0.1, 0.15) is 60.3 Å². The molecular formula is C13H29NO. The van der Waals surface area contributed by atoms with Gasteiger partial charge in [0.05, 0.1) is 5.60 Å². The van der Waals surface area contributed by atoms with Crippen LogP contribution in [-0.2, 0) is 0 Å². The molecule has 0 saturated carbocycles. The van der Waals surface area contributed by atoms with Crippen LogP contribution in [0.15, 0.2) is 0 Å². The van der Waals surface area contributed by atoms with Crippen molar-refractivity contribution in [3.8, 4) is 0 Å². The topological polar surface area (TPSA) is 32.3 Å². The van der Waals surface area contributed by atoms with Gasteiger partial charge >= 0.3 is 0 Å². The first kappa shape index (κ1) is 14.9. The summed E-state index contributed by atoms with van der Waals surface area (Å²) < 4.78 is 0. The molecule has 0 aromatic rings. The zero-order valence-corrected chi connectivity index (χ0v) is 11.1. The van der Waals surface area contributed by atoms with E-state index in [-0.39, 0.29) is 0 Å². The third-order valence-corrected chi connectivity index (χ3v) is 2.71. The molecule has 0 rings (SSSR count). The fourth-order valence-corrected chi connectivity index (χ4v) is 1.65. The van der Waals surface area contributed by atoms with Gasteiger partial charge in [-0.15, -0.1) is 0 Å². The molecule has 2 heteroatoms. The maximum absolute atomic E-state index is 10.1. The van der Waals surface area contributed by atoms with Crippen LogP contribution in [0.4, 0.5) is 0 Å². The van der Waals surface area contributed by atoms with Crippen LogP contribution < -0.4 is 5.32 Å². The van der Waals surface area contributed by atoms with Crippen LogP contribution in [0.5, 0.6) is 0 Å². The van der Waals surface area contributed by atoms with Gasteiger partial charge in [0.1, 0.15) is 0 Å². The monoisotopic (exact) mass is 215 g/mol. The van der Waals surface area contributed by atoms with Crippen LogP contribution in [0.3, 0.4) is 0 Å². The minimum atomic E-state index is -0.489. The lowest BCUT2D eigenvalue weighted by Crippen LogP contribution is -2.32. The van der Waals surface area contributed by atoms with E-state index < -0.39 is 5.60 Å². The molecule has 2 nitrogen and oxygen atoms in total. The van der Waals surface area contributed by atoms with Gasteiger partial charge < -0.3 is 10.4 Å². The van der Waals surface area contributed by atoms with E-state index in [4.69, 9.17) is 0 Å². The van der Waals surface area contributed by atoms with Crippen molar-refractivity contribution in [2.45, 2.75) is 71.9 Å². The highest BCUT2D eigenvalue weighted by Crippen LogP contribution is 2.19. The summed E-state index contributed by atoms with van der Waals surface area (Å²) in [5.74, 6) is 0.745. The first-order valence-electron chi connectivity index (χ1n) is 6.29. The smallest absolute Gasteiger partial charge is 0.0631 e. The molecule has 0 aromatic carbocycles. The third kappa shape index (κ3) is 10.2. The molecule has 0 aliphatic heterocycles. The Balaban J connectivity index is 3.57. The normalized spacial score (nSPS) is 16.0. The molecule has 2 N–H and O–H groups in total. The van der Waals surface area contributed by atoms with E-state index >= 15 is 0 Å². The van der Waals surface area contributed by atoms with E-state index in [1.807, 2.05) is 6.92 Å². The predicted octanol–water partition coefficient (Wildman–Crippen LogP) is 2.95. The summed E-state index contributed by atoms with van der Waals surface area (Å²) in [6.45, 7) is 11.6. The molecule has 1 atom stereocenters. The second-order valence-electron chi connectivity index (χ2n) is 5.64. The maximum atomic E-state index is 10.1. The van der Waals surface area contributed by atoms with Gasteiger partial charge in [-0.1, -0.05) is 40.5 Å². The lowest BCUT2D eigenvalue weighted by molar-refractivity contribution is 0.0385. The third-order valence-electron chi connectivity index (χ3n) is 2.71. The first-order valence-corrected chi connectivity index (χ1v) is 6.29. The van der Waals surface area contributed by atoms with Crippen LogP contribution in [0.25, 0.3) is 0 Å². The van der Waals surface area contributed by atoms with Gasteiger partial charge in [-0.3, -0.25) is 0 Å². The van der Waals surface area contributed by atoms with Gasteiger partial charge in [0.15, 0.2) is 0 Å². The second kappa shape index (κ2) is 7.24. The van der Waals surface area contributed by atoms with E-state index in [0.29, 0.717) is 6.04 Å². The summed E-state index contributed by atoms with van der Waals surface area (Å²) >= 11 is 0. The highest BCUT2D eigenvalue weighted by atomic mass is 16.3. The Morgan fingerprint density at radius 1 is 1.13 bits per heavy atom. The Hall–Kier alpha value is -0.0800. The average Bonchev–Trinajstić information content (AvgIpc) is 2.01. The van der Waals surface area contributed by atoms with E-state index in [1.165, 1.54) is 6.42 Å². The number of hydrogen-bond donors (Lipinski definition) is 2. The van der Waals surface area contributed by atoms with E-state index in [0.717, 1.165) is 31.7 Å². The van der Waals surface area contributed by atoms with Gasteiger partial charge in [-0.25, -0.2) is 0 Å². The Kier molecular flexibility index (Phi) is 7.20. The molecule has 0 saturated heterocycles. The van der Waals surface area contributed by atoms with Crippen molar-refractivity contribution in [2.75, 3.05) is 6.54 Å². The van der Waals surface area contributed by atoms with Crippen LogP contribution >= 0.6 is 0 Å². The Labute approximate surface area is 95.5 Å². The quantitative estimate of drug-likeness (QED) is 0.652. The molecule has 15 heavy (non-hydrogen) atoms. The van der Waals surface area contributed by atoms with Crippen LogP contribution in [0.2, 0.25) is 0 Å². The summed E-state index contributed by atoms with van der Waals surface area (Å²) in [5, 5.41) is 13.4. The zero-order chi connectivity index (χ0) is 11.9. The van der Waals surface area contributed by atoms with Gasteiger partial charge in [-0.2, -0.15) is 0 Å². The summed E-state index contributed by atoms with van der Waals surface area (Å²) in [7, 11) is 0.